The van der Waals surface area contributed by atoms with Crippen molar-refractivity contribution in [3.8, 4) is 5.75 Å². The Labute approximate surface area is 144 Å². The van der Waals surface area contributed by atoms with Gasteiger partial charge in [0.2, 0.25) is 0 Å². The minimum absolute atomic E-state index is 0.463. The molecule has 0 heterocycles. The van der Waals surface area contributed by atoms with Crippen molar-refractivity contribution in [1.82, 2.24) is 5.32 Å². The summed E-state index contributed by atoms with van der Waals surface area (Å²) in [6.07, 6.45) is 3.20. The first-order valence-electron chi connectivity index (χ1n) is 8.37. The second kappa shape index (κ2) is 9.59. The van der Waals surface area contributed by atoms with Crippen LogP contribution in [0.4, 0.5) is 0 Å². The average molecular weight is 332 g/mol. The summed E-state index contributed by atoms with van der Waals surface area (Å²) in [5, 5.41) is 4.25. The Morgan fingerprint density at radius 3 is 2.57 bits per heavy atom. The predicted octanol–water partition coefficient (Wildman–Crippen LogP) is 5.24. The molecule has 0 aliphatic heterocycles. The average Bonchev–Trinajstić information content (AvgIpc) is 2.58. The van der Waals surface area contributed by atoms with Crippen molar-refractivity contribution in [2.45, 2.75) is 45.7 Å². The van der Waals surface area contributed by atoms with Crippen molar-refractivity contribution in [2.75, 3.05) is 6.61 Å². The van der Waals surface area contributed by atoms with E-state index in [2.05, 4.69) is 55.6 Å². The van der Waals surface area contributed by atoms with Crippen LogP contribution in [-0.4, -0.2) is 12.6 Å². The van der Waals surface area contributed by atoms with Crippen LogP contribution in [0.3, 0.4) is 0 Å². The molecule has 124 valence electrons. The van der Waals surface area contributed by atoms with Gasteiger partial charge in [0.25, 0.3) is 0 Å². The molecule has 2 aromatic carbocycles. The Balaban J connectivity index is 1.77. The van der Waals surface area contributed by atoms with E-state index in [1.165, 1.54) is 11.1 Å². The number of hydrogen-bond donors (Lipinski definition) is 1. The molecule has 2 nitrogen and oxygen atoms in total. The third kappa shape index (κ3) is 6.25. The molecule has 1 unspecified atom stereocenters. The molecule has 0 aromatic heterocycles. The van der Waals surface area contributed by atoms with Gasteiger partial charge >= 0.3 is 0 Å². The number of benzene rings is 2. The van der Waals surface area contributed by atoms with Gasteiger partial charge in [-0.15, -0.1) is 0 Å². The Morgan fingerprint density at radius 1 is 1.09 bits per heavy atom. The molecule has 0 saturated heterocycles. The smallest absolute Gasteiger partial charge is 0.137 e. The molecule has 23 heavy (non-hydrogen) atoms. The van der Waals surface area contributed by atoms with Crippen molar-refractivity contribution in [2.24, 2.45) is 0 Å². The lowest BCUT2D eigenvalue weighted by Gasteiger charge is -2.15. The highest BCUT2D eigenvalue weighted by molar-refractivity contribution is 6.32. The fraction of sp³-hybridized carbons (Fsp3) is 0.400. The van der Waals surface area contributed by atoms with Gasteiger partial charge in [0, 0.05) is 12.6 Å². The molecule has 2 aromatic rings. The first kappa shape index (κ1) is 17.8. The van der Waals surface area contributed by atoms with E-state index in [0.29, 0.717) is 17.7 Å². The Bertz CT molecular complexity index is 585. The van der Waals surface area contributed by atoms with E-state index < -0.39 is 0 Å². The first-order valence-corrected chi connectivity index (χ1v) is 8.75. The second-order valence-corrected chi connectivity index (χ2v) is 6.33. The molecule has 1 atom stereocenters. The van der Waals surface area contributed by atoms with Gasteiger partial charge in [0.05, 0.1) is 11.6 Å². The fourth-order valence-electron chi connectivity index (χ4n) is 2.41. The number of aryl methyl sites for hydroxylation is 1. The van der Waals surface area contributed by atoms with Crippen LogP contribution in [0, 0.1) is 0 Å². The summed E-state index contributed by atoms with van der Waals surface area (Å²) in [4.78, 5) is 0. The molecular weight excluding hydrogens is 306 g/mol. The van der Waals surface area contributed by atoms with Gasteiger partial charge in [-0.05, 0) is 49.4 Å². The lowest BCUT2D eigenvalue weighted by atomic mass is 10.1. The molecule has 2 rings (SSSR count). The molecule has 0 spiro atoms. The molecule has 0 radical (unpaired) electrons. The molecule has 3 heteroatoms. The van der Waals surface area contributed by atoms with Crippen LogP contribution in [0.15, 0.2) is 48.5 Å². The van der Waals surface area contributed by atoms with E-state index in [0.717, 1.165) is 31.6 Å². The van der Waals surface area contributed by atoms with Crippen LogP contribution in [-0.2, 0) is 13.0 Å². The van der Waals surface area contributed by atoms with E-state index in [1.54, 1.807) is 0 Å². The van der Waals surface area contributed by atoms with E-state index >= 15 is 0 Å². The molecule has 0 amide bonds. The lowest BCUT2D eigenvalue weighted by molar-refractivity contribution is 0.317. The fourth-order valence-corrected chi connectivity index (χ4v) is 2.66. The zero-order valence-corrected chi connectivity index (χ0v) is 14.8. The summed E-state index contributed by atoms with van der Waals surface area (Å²) >= 11 is 6.27. The monoisotopic (exact) mass is 331 g/mol. The zero-order valence-electron chi connectivity index (χ0n) is 14.0. The van der Waals surface area contributed by atoms with E-state index in [1.807, 2.05) is 12.1 Å². The number of rotatable bonds is 9. The largest absolute Gasteiger partial charge is 0.492 e. The highest BCUT2D eigenvalue weighted by Crippen LogP contribution is 2.25. The molecule has 0 aliphatic rings. The van der Waals surface area contributed by atoms with Crippen molar-refractivity contribution in [1.29, 1.82) is 0 Å². The van der Waals surface area contributed by atoms with Crippen molar-refractivity contribution in [3.63, 3.8) is 0 Å². The summed E-state index contributed by atoms with van der Waals surface area (Å²) in [6.45, 7) is 5.84. The maximum absolute atomic E-state index is 6.27. The van der Waals surface area contributed by atoms with Gasteiger partial charge < -0.3 is 10.1 Å². The number of ether oxygens (including phenoxy) is 1. The molecular formula is C20H26ClNO. The van der Waals surface area contributed by atoms with Gasteiger partial charge in [0.15, 0.2) is 0 Å². The number of nitrogens with one attached hydrogen (secondary N) is 1. The number of halogens is 1. The summed E-state index contributed by atoms with van der Waals surface area (Å²) in [5.41, 5.74) is 2.58. The standard InChI is InChI=1S/C20H26ClNO/c1-3-13-23-20-12-11-18(14-19(20)21)15-22-16(2)9-10-17-7-5-4-6-8-17/h4-8,11-12,14,16,22H,3,9-10,13,15H2,1-2H3. The van der Waals surface area contributed by atoms with E-state index in [-0.39, 0.29) is 0 Å². The summed E-state index contributed by atoms with van der Waals surface area (Å²) in [7, 11) is 0. The van der Waals surface area contributed by atoms with Crippen LogP contribution >= 0.6 is 11.6 Å². The van der Waals surface area contributed by atoms with Crippen molar-refractivity contribution in [3.05, 3.63) is 64.7 Å². The van der Waals surface area contributed by atoms with Gasteiger partial charge in [-0.25, -0.2) is 0 Å². The molecule has 0 fully saturated rings. The maximum atomic E-state index is 6.27. The third-order valence-electron chi connectivity index (χ3n) is 3.82. The third-order valence-corrected chi connectivity index (χ3v) is 4.12. The van der Waals surface area contributed by atoms with Gasteiger partial charge in [-0.1, -0.05) is 54.9 Å². The quantitative estimate of drug-likeness (QED) is 0.678. The summed E-state index contributed by atoms with van der Waals surface area (Å²) in [6, 6.07) is 17.1. The van der Waals surface area contributed by atoms with Crippen LogP contribution < -0.4 is 10.1 Å². The van der Waals surface area contributed by atoms with Crippen LogP contribution in [0.1, 0.15) is 37.8 Å². The SMILES string of the molecule is CCCOc1ccc(CNC(C)CCc2ccccc2)cc1Cl. The highest BCUT2D eigenvalue weighted by atomic mass is 35.5. The molecule has 1 N–H and O–H groups in total. The maximum Gasteiger partial charge on any atom is 0.137 e. The van der Waals surface area contributed by atoms with Crippen LogP contribution in [0.2, 0.25) is 5.02 Å². The van der Waals surface area contributed by atoms with Crippen LogP contribution in [0.25, 0.3) is 0 Å². The number of hydrogen-bond acceptors (Lipinski definition) is 2. The first-order chi connectivity index (χ1) is 11.2. The normalized spacial score (nSPS) is 12.1. The van der Waals surface area contributed by atoms with Crippen LogP contribution in [0.5, 0.6) is 5.75 Å². The van der Waals surface area contributed by atoms with Gasteiger partial charge in [-0.3, -0.25) is 0 Å². The van der Waals surface area contributed by atoms with Gasteiger partial charge in [-0.2, -0.15) is 0 Å². The van der Waals surface area contributed by atoms with E-state index in [9.17, 15) is 0 Å². The minimum atomic E-state index is 0.463. The van der Waals surface area contributed by atoms with Crippen molar-refractivity contribution < 1.29 is 4.74 Å². The van der Waals surface area contributed by atoms with Crippen molar-refractivity contribution >= 4 is 11.6 Å². The summed E-state index contributed by atoms with van der Waals surface area (Å²) in [5.74, 6) is 0.773. The van der Waals surface area contributed by atoms with E-state index in [4.69, 9.17) is 16.3 Å². The zero-order chi connectivity index (χ0) is 16.5. The predicted molar refractivity (Wildman–Crippen MR) is 98.3 cm³/mol. The molecule has 0 bridgehead atoms. The topological polar surface area (TPSA) is 21.3 Å². The molecule has 0 aliphatic carbocycles. The van der Waals surface area contributed by atoms with Gasteiger partial charge in [0.1, 0.15) is 5.75 Å². The minimum Gasteiger partial charge on any atom is -0.492 e. The molecule has 0 saturated carbocycles. The lowest BCUT2D eigenvalue weighted by Crippen LogP contribution is -2.25. The Morgan fingerprint density at radius 2 is 1.87 bits per heavy atom. The Kier molecular flexibility index (Phi) is 7.44. The summed E-state index contributed by atoms with van der Waals surface area (Å²) < 4.78 is 5.60. The second-order valence-electron chi connectivity index (χ2n) is 5.92. The Hall–Kier alpha value is -1.51. The highest BCUT2D eigenvalue weighted by Gasteiger charge is 2.05.